The zero-order valence-electron chi connectivity index (χ0n) is 10.4. The Morgan fingerprint density at radius 1 is 1.19 bits per heavy atom. The first kappa shape index (κ1) is 11.6. The van der Waals surface area contributed by atoms with Gasteiger partial charge in [-0.15, -0.1) is 0 Å². The van der Waals surface area contributed by atoms with Gasteiger partial charge < -0.3 is 4.57 Å². The average Bonchev–Trinajstić information content (AvgIpc) is 2.76. The molecule has 2 heterocycles. The van der Waals surface area contributed by atoms with Crippen LogP contribution in [0.2, 0.25) is 0 Å². The third-order valence-electron chi connectivity index (χ3n) is 3.40. The Morgan fingerprint density at radius 2 is 2.06 bits per heavy atom. The van der Waals surface area contributed by atoms with Gasteiger partial charge in [0, 0.05) is 25.5 Å². The molecule has 0 amide bonds. The number of fused-ring (bicyclic) bond motifs is 1. The number of hydrogen-bond acceptors (Lipinski definition) is 2. The third kappa shape index (κ3) is 3.08. The SMILES string of the molecule is CCCCCCCN1CCn2ccnc2C1. The van der Waals surface area contributed by atoms with Gasteiger partial charge in [-0.25, -0.2) is 4.98 Å². The molecule has 90 valence electrons. The molecule has 1 aromatic heterocycles. The highest BCUT2D eigenvalue weighted by Gasteiger charge is 2.15. The Morgan fingerprint density at radius 3 is 2.94 bits per heavy atom. The molecule has 0 bridgehead atoms. The Balaban J connectivity index is 1.65. The van der Waals surface area contributed by atoms with Crippen LogP contribution in [0.3, 0.4) is 0 Å². The first-order chi connectivity index (χ1) is 7.90. The molecule has 0 saturated heterocycles. The zero-order valence-corrected chi connectivity index (χ0v) is 10.4. The van der Waals surface area contributed by atoms with Gasteiger partial charge in [-0.3, -0.25) is 4.90 Å². The highest BCUT2D eigenvalue weighted by molar-refractivity contribution is 4.95. The van der Waals surface area contributed by atoms with E-state index in [1.54, 1.807) is 0 Å². The lowest BCUT2D eigenvalue weighted by molar-refractivity contribution is 0.212. The van der Waals surface area contributed by atoms with Gasteiger partial charge in [0.2, 0.25) is 0 Å². The van der Waals surface area contributed by atoms with Gasteiger partial charge in [-0.05, 0) is 13.0 Å². The number of imidazole rings is 1. The summed E-state index contributed by atoms with van der Waals surface area (Å²) >= 11 is 0. The lowest BCUT2D eigenvalue weighted by atomic mass is 10.1. The van der Waals surface area contributed by atoms with Crippen LogP contribution in [0.1, 0.15) is 44.9 Å². The van der Waals surface area contributed by atoms with E-state index in [9.17, 15) is 0 Å². The third-order valence-corrected chi connectivity index (χ3v) is 3.40. The second kappa shape index (κ2) is 6.04. The Bertz CT molecular complexity index is 306. The first-order valence-electron chi connectivity index (χ1n) is 6.62. The van der Waals surface area contributed by atoms with Gasteiger partial charge >= 0.3 is 0 Å². The van der Waals surface area contributed by atoms with Crippen LogP contribution in [0.15, 0.2) is 12.4 Å². The molecule has 0 unspecified atom stereocenters. The molecule has 1 aliphatic rings. The largest absolute Gasteiger partial charge is 0.333 e. The minimum atomic E-state index is 1.04. The summed E-state index contributed by atoms with van der Waals surface area (Å²) in [6, 6.07) is 0. The van der Waals surface area contributed by atoms with Gasteiger partial charge in [0.05, 0.1) is 6.54 Å². The molecule has 0 N–H and O–H groups in total. The molecule has 0 saturated carbocycles. The minimum Gasteiger partial charge on any atom is -0.333 e. The second-order valence-electron chi connectivity index (χ2n) is 4.73. The highest BCUT2D eigenvalue weighted by atomic mass is 15.2. The standard InChI is InChI=1S/C13H23N3/c1-2-3-4-5-6-8-15-10-11-16-9-7-14-13(16)12-15/h7,9H,2-6,8,10-12H2,1H3. The van der Waals surface area contributed by atoms with Crippen molar-refractivity contribution in [2.24, 2.45) is 0 Å². The van der Waals surface area contributed by atoms with Crippen molar-refractivity contribution in [3.05, 3.63) is 18.2 Å². The zero-order chi connectivity index (χ0) is 11.2. The van der Waals surface area contributed by atoms with Crippen LogP contribution >= 0.6 is 0 Å². The normalized spacial score (nSPS) is 16.3. The molecular weight excluding hydrogens is 198 g/mol. The lowest BCUT2D eigenvalue weighted by Crippen LogP contribution is -2.34. The molecular formula is C13H23N3. The smallest absolute Gasteiger partial charge is 0.122 e. The van der Waals surface area contributed by atoms with E-state index >= 15 is 0 Å². The van der Waals surface area contributed by atoms with Crippen LogP contribution in [0, 0.1) is 0 Å². The van der Waals surface area contributed by atoms with E-state index in [0.717, 1.165) is 13.1 Å². The van der Waals surface area contributed by atoms with Crippen molar-refractivity contribution in [1.82, 2.24) is 14.5 Å². The van der Waals surface area contributed by atoms with Crippen molar-refractivity contribution in [2.45, 2.75) is 52.1 Å². The maximum Gasteiger partial charge on any atom is 0.122 e. The fourth-order valence-electron chi connectivity index (χ4n) is 2.35. The number of nitrogens with zero attached hydrogens (tertiary/aromatic N) is 3. The summed E-state index contributed by atoms with van der Waals surface area (Å²) in [6.45, 7) is 6.86. The van der Waals surface area contributed by atoms with Crippen molar-refractivity contribution < 1.29 is 0 Å². The summed E-state index contributed by atoms with van der Waals surface area (Å²) in [5, 5.41) is 0. The predicted octanol–water partition coefficient (Wildman–Crippen LogP) is 2.67. The summed E-state index contributed by atoms with van der Waals surface area (Å²) in [6.07, 6.45) is 10.9. The van der Waals surface area contributed by atoms with E-state index in [1.807, 2.05) is 6.20 Å². The summed E-state index contributed by atoms with van der Waals surface area (Å²) in [7, 11) is 0. The highest BCUT2D eigenvalue weighted by Crippen LogP contribution is 2.11. The van der Waals surface area contributed by atoms with Gasteiger partial charge in [0.1, 0.15) is 5.82 Å². The number of rotatable bonds is 6. The molecule has 0 radical (unpaired) electrons. The molecule has 2 rings (SSSR count). The summed E-state index contributed by atoms with van der Waals surface area (Å²) < 4.78 is 2.27. The van der Waals surface area contributed by atoms with Crippen LogP contribution in [0.25, 0.3) is 0 Å². The molecule has 0 aromatic carbocycles. The van der Waals surface area contributed by atoms with Crippen molar-refractivity contribution in [3.8, 4) is 0 Å². The Labute approximate surface area is 98.5 Å². The summed E-state index contributed by atoms with van der Waals surface area (Å²) in [4.78, 5) is 6.92. The van der Waals surface area contributed by atoms with E-state index in [4.69, 9.17) is 0 Å². The molecule has 0 atom stereocenters. The summed E-state index contributed by atoms with van der Waals surface area (Å²) in [5.74, 6) is 1.24. The quantitative estimate of drug-likeness (QED) is 0.689. The predicted molar refractivity (Wildman–Crippen MR) is 66.3 cm³/mol. The van der Waals surface area contributed by atoms with Gasteiger partial charge in [-0.2, -0.15) is 0 Å². The van der Waals surface area contributed by atoms with Gasteiger partial charge in [0.15, 0.2) is 0 Å². The molecule has 0 spiro atoms. The van der Waals surface area contributed by atoms with Crippen molar-refractivity contribution >= 4 is 0 Å². The van der Waals surface area contributed by atoms with Crippen LogP contribution < -0.4 is 0 Å². The molecule has 1 aromatic rings. The van der Waals surface area contributed by atoms with Crippen LogP contribution in [0.4, 0.5) is 0 Å². The monoisotopic (exact) mass is 221 g/mol. The molecule has 16 heavy (non-hydrogen) atoms. The minimum absolute atomic E-state index is 1.04. The number of aromatic nitrogens is 2. The Kier molecular flexibility index (Phi) is 4.40. The maximum absolute atomic E-state index is 4.39. The van der Waals surface area contributed by atoms with Crippen molar-refractivity contribution in [1.29, 1.82) is 0 Å². The molecule has 0 aliphatic carbocycles. The number of hydrogen-bond donors (Lipinski definition) is 0. The van der Waals surface area contributed by atoms with Crippen LogP contribution in [0.5, 0.6) is 0 Å². The number of unbranched alkanes of at least 4 members (excludes halogenated alkanes) is 4. The van der Waals surface area contributed by atoms with Crippen LogP contribution in [-0.2, 0) is 13.1 Å². The second-order valence-corrected chi connectivity index (χ2v) is 4.73. The summed E-state index contributed by atoms with van der Waals surface area (Å²) in [5.41, 5.74) is 0. The molecule has 3 heteroatoms. The van der Waals surface area contributed by atoms with Gasteiger partial charge in [0.25, 0.3) is 0 Å². The van der Waals surface area contributed by atoms with Gasteiger partial charge in [-0.1, -0.05) is 32.6 Å². The van der Waals surface area contributed by atoms with Crippen LogP contribution in [-0.4, -0.2) is 27.5 Å². The molecule has 0 fully saturated rings. The van der Waals surface area contributed by atoms with E-state index < -0.39 is 0 Å². The first-order valence-corrected chi connectivity index (χ1v) is 6.62. The van der Waals surface area contributed by atoms with Crippen molar-refractivity contribution in [2.75, 3.05) is 13.1 Å². The van der Waals surface area contributed by atoms with E-state index in [1.165, 1.54) is 51.0 Å². The fraction of sp³-hybridized carbons (Fsp3) is 0.769. The fourth-order valence-corrected chi connectivity index (χ4v) is 2.35. The topological polar surface area (TPSA) is 21.1 Å². The van der Waals surface area contributed by atoms with E-state index in [-0.39, 0.29) is 0 Å². The van der Waals surface area contributed by atoms with Crippen molar-refractivity contribution in [3.63, 3.8) is 0 Å². The van der Waals surface area contributed by atoms with E-state index in [2.05, 4.69) is 27.6 Å². The maximum atomic E-state index is 4.39. The Hall–Kier alpha value is -0.830. The average molecular weight is 221 g/mol. The molecule has 1 aliphatic heterocycles. The van der Waals surface area contributed by atoms with E-state index in [0.29, 0.717) is 0 Å². The molecule has 3 nitrogen and oxygen atoms in total. The lowest BCUT2D eigenvalue weighted by Gasteiger charge is -2.27.